The van der Waals surface area contributed by atoms with Crippen LogP contribution < -0.4 is 15.4 Å². The number of nitrogens with zero attached hydrogens (tertiary/aromatic N) is 5. The lowest BCUT2D eigenvalue weighted by Gasteiger charge is -2.17. The molecular weight excluding hydrogens is 473 g/mol. The van der Waals surface area contributed by atoms with Gasteiger partial charge in [0.05, 0.1) is 42.0 Å². The molecule has 0 saturated heterocycles. The van der Waals surface area contributed by atoms with Crippen LogP contribution in [0.1, 0.15) is 29.3 Å². The maximum absolute atomic E-state index is 13.4. The molecule has 0 fully saturated rings. The van der Waals surface area contributed by atoms with E-state index in [-0.39, 0.29) is 5.78 Å². The number of carbonyl (C=O) groups is 1. The van der Waals surface area contributed by atoms with E-state index in [2.05, 4.69) is 35.5 Å². The largest absolute Gasteiger partial charge is 0.494 e. The molecule has 4 rings (SSSR count). The van der Waals surface area contributed by atoms with Gasteiger partial charge in [0.25, 0.3) is 0 Å². The maximum atomic E-state index is 13.4. The first-order valence-electron chi connectivity index (χ1n) is 11.7. The summed E-state index contributed by atoms with van der Waals surface area (Å²) in [5, 5.41) is 6.50. The smallest absolute Gasteiger partial charge is 0.166 e. The van der Waals surface area contributed by atoms with Crippen molar-refractivity contribution in [3.05, 3.63) is 78.1 Å². The highest BCUT2D eigenvalue weighted by Crippen LogP contribution is 2.37. The maximum Gasteiger partial charge on any atom is 0.166 e. The minimum absolute atomic E-state index is 0.0651. The van der Waals surface area contributed by atoms with Crippen molar-refractivity contribution in [3.8, 4) is 17.1 Å². The Morgan fingerprint density at radius 2 is 1.70 bits per heavy atom. The third-order valence-corrected chi connectivity index (χ3v) is 5.45. The van der Waals surface area contributed by atoms with Crippen molar-refractivity contribution < 1.29 is 13.9 Å². The molecule has 0 amide bonds. The van der Waals surface area contributed by atoms with Gasteiger partial charge >= 0.3 is 0 Å². The van der Waals surface area contributed by atoms with Crippen LogP contribution in [-0.2, 0) is 6.54 Å². The van der Waals surface area contributed by atoms with Crippen LogP contribution in [0.2, 0.25) is 0 Å². The molecule has 0 atom stereocenters. The summed E-state index contributed by atoms with van der Waals surface area (Å²) in [5.41, 5.74) is 3.23. The van der Waals surface area contributed by atoms with Gasteiger partial charge in [0.1, 0.15) is 11.6 Å². The van der Waals surface area contributed by atoms with Gasteiger partial charge in [0.2, 0.25) is 0 Å². The van der Waals surface area contributed by atoms with E-state index in [1.165, 1.54) is 13.3 Å². The van der Waals surface area contributed by atoms with Gasteiger partial charge < -0.3 is 20.3 Å². The molecule has 9 nitrogen and oxygen atoms in total. The molecule has 3 heterocycles. The summed E-state index contributed by atoms with van der Waals surface area (Å²) >= 11 is 0. The molecule has 0 radical (unpaired) electrons. The molecule has 10 heteroatoms. The molecule has 0 saturated carbocycles. The molecule has 0 unspecified atom stereocenters. The number of anilines is 4. The average molecular weight is 502 g/mol. The van der Waals surface area contributed by atoms with Crippen LogP contribution in [0.25, 0.3) is 11.4 Å². The second kappa shape index (κ2) is 11.5. The van der Waals surface area contributed by atoms with E-state index >= 15 is 0 Å². The number of carbonyl (C=O) groups excluding carboxylic acids is 1. The Bertz CT molecular complexity index is 1380. The molecule has 2 N–H and O–H groups in total. The second-order valence-corrected chi connectivity index (χ2v) is 8.54. The number of hydrogen-bond acceptors (Lipinski definition) is 9. The minimum atomic E-state index is -0.529. The third-order valence-electron chi connectivity index (χ3n) is 5.45. The Kier molecular flexibility index (Phi) is 7.99. The zero-order valence-corrected chi connectivity index (χ0v) is 21.1. The first kappa shape index (κ1) is 25.6. The molecule has 1 aromatic carbocycles. The second-order valence-electron chi connectivity index (χ2n) is 8.54. The van der Waals surface area contributed by atoms with Crippen LogP contribution >= 0.6 is 0 Å². The number of nitrogens with one attached hydrogen (secondary N) is 2. The summed E-state index contributed by atoms with van der Waals surface area (Å²) in [6.07, 6.45) is 5.86. The molecule has 0 aliphatic carbocycles. The van der Waals surface area contributed by atoms with Crippen LogP contribution in [0, 0.1) is 5.82 Å². The highest BCUT2D eigenvalue weighted by Gasteiger charge is 2.17. The van der Waals surface area contributed by atoms with Crippen LogP contribution in [0.4, 0.5) is 27.4 Å². The van der Waals surface area contributed by atoms with Crippen molar-refractivity contribution >= 4 is 28.8 Å². The number of Topliss-reactive ketones (excluding diaryl/α,β-unsaturated/α-hetero) is 1. The van der Waals surface area contributed by atoms with Crippen molar-refractivity contribution in [2.24, 2.45) is 0 Å². The van der Waals surface area contributed by atoms with Gasteiger partial charge in [-0.2, -0.15) is 0 Å². The Morgan fingerprint density at radius 1 is 0.946 bits per heavy atom. The Labute approximate surface area is 214 Å². The van der Waals surface area contributed by atoms with Gasteiger partial charge in [-0.3, -0.25) is 4.79 Å². The predicted octanol–water partition coefficient (Wildman–Crippen LogP) is 5.22. The van der Waals surface area contributed by atoms with Gasteiger partial charge in [-0.25, -0.2) is 24.3 Å². The van der Waals surface area contributed by atoms with Gasteiger partial charge in [-0.15, -0.1) is 0 Å². The summed E-state index contributed by atoms with van der Waals surface area (Å²) in [6.45, 7) is 2.59. The zero-order valence-electron chi connectivity index (χ0n) is 21.1. The fourth-order valence-corrected chi connectivity index (χ4v) is 3.76. The molecule has 4 aromatic rings. The number of para-hydroxylation sites is 1. The number of pyridine rings is 2. The first-order valence-corrected chi connectivity index (χ1v) is 11.7. The molecule has 0 spiro atoms. The Hall–Kier alpha value is -4.44. The molecule has 0 bridgehead atoms. The molecule has 0 aliphatic rings. The molecule has 0 aliphatic heterocycles. The summed E-state index contributed by atoms with van der Waals surface area (Å²) < 4.78 is 19.0. The van der Waals surface area contributed by atoms with E-state index in [0.717, 1.165) is 24.5 Å². The fourth-order valence-electron chi connectivity index (χ4n) is 3.76. The molecule has 37 heavy (non-hydrogen) atoms. The summed E-state index contributed by atoms with van der Waals surface area (Å²) in [6, 6.07) is 11.0. The summed E-state index contributed by atoms with van der Waals surface area (Å²) in [4.78, 5) is 31.8. The van der Waals surface area contributed by atoms with E-state index in [4.69, 9.17) is 4.74 Å². The summed E-state index contributed by atoms with van der Waals surface area (Å²) in [5.74, 6) is 1.31. The number of halogens is 1. The number of ketones is 1. The number of methoxy groups -OCH3 is 1. The highest BCUT2D eigenvalue weighted by atomic mass is 19.1. The number of benzene rings is 1. The lowest BCUT2D eigenvalue weighted by Crippen LogP contribution is -2.11. The van der Waals surface area contributed by atoms with Crippen LogP contribution in [0.15, 0.2) is 61.2 Å². The Balaban J connectivity index is 1.67. The van der Waals surface area contributed by atoms with Gasteiger partial charge in [-0.1, -0.05) is 19.1 Å². The van der Waals surface area contributed by atoms with E-state index in [0.29, 0.717) is 52.1 Å². The zero-order chi connectivity index (χ0) is 26.4. The normalized spacial score (nSPS) is 10.9. The van der Waals surface area contributed by atoms with E-state index in [1.807, 2.05) is 38.5 Å². The number of aromatic nitrogens is 4. The third kappa shape index (κ3) is 6.22. The first-order chi connectivity index (χ1) is 17.9. The fraction of sp³-hybridized carbons (Fsp3) is 0.222. The number of hydrogen-bond donors (Lipinski definition) is 2. The van der Waals surface area contributed by atoms with Crippen molar-refractivity contribution in [1.82, 2.24) is 24.8 Å². The van der Waals surface area contributed by atoms with E-state index in [1.54, 1.807) is 25.1 Å². The highest BCUT2D eigenvalue weighted by molar-refractivity contribution is 6.02. The average Bonchev–Trinajstić information content (AvgIpc) is 2.89. The monoisotopic (exact) mass is 501 g/mol. The van der Waals surface area contributed by atoms with Crippen LogP contribution in [0.3, 0.4) is 0 Å². The number of rotatable bonds is 10. The van der Waals surface area contributed by atoms with Gasteiger partial charge in [0.15, 0.2) is 23.2 Å². The quantitative estimate of drug-likeness (QED) is 0.283. The summed E-state index contributed by atoms with van der Waals surface area (Å²) in [7, 11) is 5.53. The lowest BCUT2D eigenvalue weighted by atomic mass is 10.1. The SMILES string of the molecule is CCC(=O)c1cnc(Nc2ccc(CN(C)C)cn2)cc1Nc1cccc(-c2ncc(F)cn2)c1OC. The standard InChI is InChI=1S/C27H28FN7O2/c1-5-23(36)20-15-30-25(34-24-10-9-17(12-29-24)16-35(2)3)11-22(20)33-21-8-6-7-19(26(21)37-4)27-31-13-18(28)14-32-27/h6-15H,5,16H2,1-4H3,(H2,29,30,33,34). The molecular formula is C27H28FN7O2. The lowest BCUT2D eigenvalue weighted by molar-refractivity contribution is 0.0988. The van der Waals surface area contributed by atoms with Crippen molar-refractivity contribution in [1.29, 1.82) is 0 Å². The predicted molar refractivity (Wildman–Crippen MR) is 141 cm³/mol. The van der Waals surface area contributed by atoms with Gasteiger partial charge in [0, 0.05) is 31.4 Å². The van der Waals surface area contributed by atoms with Crippen molar-refractivity contribution in [2.45, 2.75) is 19.9 Å². The molecule has 3 aromatic heterocycles. The minimum Gasteiger partial charge on any atom is -0.494 e. The van der Waals surface area contributed by atoms with E-state index in [9.17, 15) is 9.18 Å². The van der Waals surface area contributed by atoms with Crippen LogP contribution in [0.5, 0.6) is 5.75 Å². The van der Waals surface area contributed by atoms with Crippen LogP contribution in [-0.4, -0.2) is 51.8 Å². The Morgan fingerprint density at radius 3 is 2.35 bits per heavy atom. The topological polar surface area (TPSA) is 105 Å². The van der Waals surface area contributed by atoms with Crippen molar-refractivity contribution in [2.75, 3.05) is 31.8 Å². The van der Waals surface area contributed by atoms with Gasteiger partial charge in [-0.05, 0) is 37.9 Å². The molecule has 190 valence electrons. The number of ether oxygens (including phenoxy) is 1. The van der Waals surface area contributed by atoms with Crippen molar-refractivity contribution in [3.63, 3.8) is 0 Å². The van der Waals surface area contributed by atoms with E-state index < -0.39 is 5.82 Å².